The molecule has 2 rings (SSSR count). The summed E-state index contributed by atoms with van der Waals surface area (Å²) in [7, 11) is 0. The maximum atomic E-state index is 6.10. The first-order valence-electron chi connectivity index (χ1n) is 6.53. The molecule has 1 saturated carbocycles. The minimum atomic E-state index is 0.806. The van der Waals surface area contributed by atoms with Crippen LogP contribution in [0.5, 0.6) is 0 Å². The topological polar surface area (TPSA) is 15.3 Å². The predicted molar refractivity (Wildman–Crippen MR) is 74.8 cm³/mol. The molecule has 17 heavy (non-hydrogen) atoms. The van der Waals surface area contributed by atoms with E-state index in [2.05, 4.69) is 17.1 Å². The summed E-state index contributed by atoms with van der Waals surface area (Å²) >= 11 is 6.10. The summed E-state index contributed by atoms with van der Waals surface area (Å²) < 4.78 is 0. The van der Waals surface area contributed by atoms with E-state index in [4.69, 9.17) is 11.6 Å². The number of hydrogen-bond acceptors (Lipinski definition) is 2. The molecule has 94 valence electrons. The van der Waals surface area contributed by atoms with Crippen LogP contribution in [0.4, 0.5) is 5.69 Å². The number of rotatable bonds is 7. The lowest BCUT2D eigenvalue weighted by molar-refractivity contribution is 0.274. The second kappa shape index (κ2) is 6.27. The van der Waals surface area contributed by atoms with Crippen molar-refractivity contribution >= 4 is 17.3 Å². The number of anilines is 1. The number of hydrogen-bond donors (Lipinski definition) is 1. The molecule has 0 spiro atoms. The van der Waals surface area contributed by atoms with Crippen LogP contribution in [0.3, 0.4) is 0 Å². The Kier molecular flexibility index (Phi) is 4.69. The van der Waals surface area contributed by atoms with Crippen LogP contribution in [0.25, 0.3) is 0 Å². The van der Waals surface area contributed by atoms with Gasteiger partial charge in [0.1, 0.15) is 0 Å². The summed E-state index contributed by atoms with van der Waals surface area (Å²) in [6.45, 7) is 5.55. The van der Waals surface area contributed by atoms with Crippen molar-refractivity contribution in [3.63, 3.8) is 0 Å². The SMILES string of the molecule is CCCN(CCNc1ccccc1Cl)C1CC1. The molecule has 0 unspecified atom stereocenters. The molecule has 1 aromatic carbocycles. The summed E-state index contributed by atoms with van der Waals surface area (Å²) in [5.41, 5.74) is 1.04. The highest BCUT2D eigenvalue weighted by Crippen LogP contribution is 2.26. The molecule has 0 saturated heterocycles. The highest BCUT2D eigenvalue weighted by Gasteiger charge is 2.27. The molecule has 0 heterocycles. The molecule has 1 fully saturated rings. The first-order chi connectivity index (χ1) is 8.31. The smallest absolute Gasteiger partial charge is 0.0637 e. The van der Waals surface area contributed by atoms with Crippen molar-refractivity contribution in [2.75, 3.05) is 25.0 Å². The van der Waals surface area contributed by atoms with Crippen molar-refractivity contribution in [1.82, 2.24) is 4.90 Å². The zero-order valence-electron chi connectivity index (χ0n) is 10.5. The Bertz CT molecular complexity index is 350. The van der Waals surface area contributed by atoms with Crippen LogP contribution in [0.1, 0.15) is 26.2 Å². The van der Waals surface area contributed by atoms with Crippen LogP contribution in [0.15, 0.2) is 24.3 Å². The summed E-state index contributed by atoms with van der Waals surface area (Å²) in [5.74, 6) is 0. The van der Waals surface area contributed by atoms with Crippen molar-refractivity contribution in [3.8, 4) is 0 Å². The first-order valence-corrected chi connectivity index (χ1v) is 6.91. The summed E-state index contributed by atoms with van der Waals surface area (Å²) in [4.78, 5) is 2.59. The van der Waals surface area contributed by atoms with Gasteiger partial charge >= 0.3 is 0 Å². The van der Waals surface area contributed by atoms with Gasteiger partial charge in [0, 0.05) is 19.1 Å². The van der Waals surface area contributed by atoms with Crippen LogP contribution < -0.4 is 5.32 Å². The lowest BCUT2D eigenvalue weighted by atomic mass is 10.3. The molecular formula is C14H21ClN2. The molecule has 0 bridgehead atoms. The van der Waals surface area contributed by atoms with E-state index in [0.717, 1.165) is 29.8 Å². The van der Waals surface area contributed by atoms with Gasteiger partial charge in [-0.3, -0.25) is 4.90 Å². The van der Waals surface area contributed by atoms with Gasteiger partial charge in [0.05, 0.1) is 10.7 Å². The van der Waals surface area contributed by atoms with Gasteiger partial charge in [-0.2, -0.15) is 0 Å². The van der Waals surface area contributed by atoms with Crippen LogP contribution >= 0.6 is 11.6 Å². The normalized spacial score (nSPS) is 15.2. The maximum absolute atomic E-state index is 6.10. The molecule has 0 radical (unpaired) electrons. The van der Waals surface area contributed by atoms with Crippen LogP contribution in [-0.4, -0.2) is 30.6 Å². The fraction of sp³-hybridized carbons (Fsp3) is 0.571. The molecule has 0 amide bonds. The van der Waals surface area contributed by atoms with E-state index in [9.17, 15) is 0 Å². The van der Waals surface area contributed by atoms with E-state index in [1.807, 2.05) is 24.3 Å². The number of nitrogens with one attached hydrogen (secondary N) is 1. The molecule has 1 aliphatic carbocycles. The lowest BCUT2D eigenvalue weighted by Gasteiger charge is -2.21. The van der Waals surface area contributed by atoms with Crippen LogP contribution in [-0.2, 0) is 0 Å². The predicted octanol–water partition coefficient (Wildman–Crippen LogP) is 3.63. The second-order valence-electron chi connectivity index (χ2n) is 4.67. The second-order valence-corrected chi connectivity index (χ2v) is 5.08. The average molecular weight is 253 g/mol. The Balaban J connectivity index is 1.76. The minimum Gasteiger partial charge on any atom is -0.383 e. The van der Waals surface area contributed by atoms with Crippen molar-refractivity contribution in [2.45, 2.75) is 32.2 Å². The quantitative estimate of drug-likeness (QED) is 0.797. The van der Waals surface area contributed by atoms with Crippen LogP contribution in [0.2, 0.25) is 5.02 Å². The summed E-state index contributed by atoms with van der Waals surface area (Å²) in [6, 6.07) is 8.78. The molecule has 0 aliphatic heterocycles. The minimum absolute atomic E-state index is 0.806. The highest BCUT2D eigenvalue weighted by atomic mass is 35.5. The zero-order chi connectivity index (χ0) is 12.1. The standard InChI is InChI=1S/C14H21ClN2/c1-2-10-17(12-7-8-12)11-9-16-14-6-4-3-5-13(14)15/h3-6,12,16H,2,7-11H2,1H3. The third kappa shape index (κ3) is 3.90. The Hall–Kier alpha value is -0.730. The van der Waals surface area contributed by atoms with Gasteiger partial charge in [-0.1, -0.05) is 30.7 Å². The van der Waals surface area contributed by atoms with E-state index in [-0.39, 0.29) is 0 Å². The van der Waals surface area contributed by atoms with E-state index in [1.54, 1.807) is 0 Å². The monoisotopic (exact) mass is 252 g/mol. The fourth-order valence-electron chi connectivity index (χ4n) is 2.14. The van der Waals surface area contributed by atoms with Crippen molar-refractivity contribution in [2.24, 2.45) is 0 Å². The number of nitrogens with zero attached hydrogens (tertiary/aromatic N) is 1. The third-order valence-electron chi connectivity index (χ3n) is 3.16. The lowest BCUT2D eigenvalue weighted by Crippen LogP contribution is -2.31. The Morgan fingerprint density at radius 2 is 2.06 bits per heavy atom. The summed E-state index contributed by atoms with van der Waals surface area (Å²) in [6.07, 6.45) is 4.00. The molecule has 3 heteroatoms. The highest BCUT2D eigenvalue weighted by molar-refractivity contribution is 6.33. The fourth-order valence-corrected chi connectivity index (χ4v) is 2.35. The van der Waals surface area contributed by atoms with Crippen LogP contribution in [0, 0.1) is 0 Å². The number of para-hydroxylation sites is 1. The van der Waals surface area contributed by atoms with E-state index >= 15 is 0 Å². The summed E-state index contributed by atoms with van der Waals surface area (Å²) in [5, 5.41) is 4.22. The third-order valence-corrected chi connectivity index (χ3v) is 3.49. The Morgan fingerprint density at radius 3 is 2.71 bits per heavy atom. The van der Waals surface area contributed by atoms with Gasteiger partial charge in [0.15, 0.2) is 0 Å². The van der Waals surface area contributed by atoms with Gasteiger partial charge < -0.3 is 5.32 Å². The Morgan fingerprint density at radius 1 is 1.29 bits per heavy atom. The van der Waals surface area contributed by atoms with Gasteiger partial charge in [-0.25, -0.2) is 0 Å². The average Bonchev–Trinajstić information content (AvgIpc) is 3.14. The maximum Gasteiger partial charge on any atom is 0.0637 e. The van der Waals surface area contributed by atoms with E-state index < -0.39 is 0 Å². The van der Waals surface area contributed by atoms with Crippen molar-refractivity contribution < 1.29 is 0 Å². The van der Waals surface area contributed by atoms with E-state index in [1.165, 1.54) is 25.8 Å². The molecule has 1 aromatic rings. The molecule has 1 aliphatic rings. The molecule has 1 N–H and O–H groups in total. The Labute approximate surface area is 109 Å². The van der Waals surface area contributed by atoms with Gasteiger partial charge in [-0.15, -0.1) is 0 Å². The molecular weight excluding hydrogens is 232 g/mol. The number of benzene rings is 1. The molecule has 0 aromatic heterocycles. The van der Waals surface area contributed by atoms with Crippen molar-refractivity contribution in [3.05, 3.63) is 29.3 Å². The largest absolute Gasteiger partial charge is 0.383 e. The van der Waals surface area contributed by atoms with E-state index in [0.29, 0.717) is 0 Å². The zero-order valence-corrected chi connectivity index (χ0v) is 11.2. The van der Waals surface area contributed by atoms with Gasteiger partial charge in [-0.05, 0) is 37.9 Å². The van der Waals surface area contributed by atoms with Gasteiger partial charge in [0.25, 0.3) is 0 Å². The number of halogens is 1. The van der Waals surface area contributed by atoms with Gasteiger partial charge in [0.2, 0.25) is 0 Å². The first kappa shape index (κ1) is 12.7. The van der Waals surface area contributed by atoms with Crippen molar-refractivity contribution in [1.29, 1.82) is 0 Å². The molecule has 0 atom stereocenters. The molecule has 2 nitrogen and oxygen atoms in total.